The lowest BCUT2D eigenvalue weighted by molar-refractivity contribution is 0.181. The van der Waals surface area contributed by atoms with E-state index in [0.717, 1.165) is 4.73 Å². The molecule has 0 radical (unpaired) electrons. The van der Waals surface area contributed by atoms with Crippen molar-refractivity contribution < 1.29 is 5.21 Å². The predicted octanol–water partition coefficient (Wildman–Crippen LogP) is 1.04. The molecule has 58 valence electrons. The molecular formula is C8H9NO2. The Balaban J connectivity index is 3.53. The molecule has 0 unspecified atom stereocenters. The smallest absolute Gasteiger partial charge is 0.185 e. The summed E-state index contributed by atoms with van der Waals surface area (Å²) in [5.41, 5.74) is 0.854. The van der Waals surface area contributed by atoms with Gasteiger partial charge in [0.25, 0.3) is 0 Å². The van der Waals surface area contributed by atoms with E-state index in [2.05, 4.69) is 6.58 Å². The molecule has 11 heavy (non-hydrogen) atoms. The highest BCUT2D eigenvalue weighted by Crippen LogP contribution is 2.01. The second-order valence-electron chi connectivity index (χ2n) is 2.24. The highest BCUT2D eigenvalue weighted by Gasteiger charge is 2.00. The normalized spacial score (nSPS) is 9.55. The van der Waals surface area contributed by atoms with Crippen LogP contribution in [-0.2, 0) is 0 Å². The fourth-order valence-corrected chi connectivity index (χ4v) is 0.888. The second-order valence-corrected chi connectivity index (χ2v) is 2.24. The first-order valence-electron chi connectivity index (χ1n) is 3.20. The molecule has 1 heterocycles. The quantitative estimate of drug-likeness (QED) is 0.609. The van der Waals surface area contributed by atoms with Gasteiger partial charge < -0.3 is 5.21 Å². The number of hydrogen-bond donors (Lipinski definition) is 1. The third-order valence-corrected chi connectivity index (χ3v) is 1.56. The van der Waals surface area contributed by atoms with Crippen LogP contribution < -0.4 is 5.43 Å². The Morgan fingerprint density at radius 1 is 1.73 bits per heavy atom. The van der Waals surface area contributed by atoms with Crippen LogP contribution in [0.3, 0.4) is 0 Å². The lowest BCUT2D eigenvalue weighted by Crippen LogP contribution is -2.11. The molecule has 0 amide bonds. The molecular weight excluding hydrogens is 142 g/mol. The van der Waals surface area contributed by atoms with E-state index in [1.54, 1.807) is 6.92 Å². The Bertz CT molecular complexity index is 338. The van der Waals surface area contributed by atoms with Crippen molar-refractivity contribution in [2.24, 2.45) is 0 Å². The van der Waals surface area contributed by atoms with Gasteiger partial charge in [-0.25, -0.2) is 0 Å². The van der Waals surface area contributed by atoms with E-state index in [4.69, 9.17) is 5.21 Å². The standard InChI is InChI=1S/C8H9NO2/c1-3-7-6(2)8(10)4-5-9(7)11/h3-5,11H,1H2,2H3. The molecule has 0 saturated heterocycles. The van der Waals surface area contributed by atoms with Crippen molar-refractivity contribution in [3.05, 3.63) is 40.3 Å². The van der Waals surface area contributed by atoms with Gasteiger partial charge in [-0.05, 0) is 13.0 Å². The highest BCUT2D eigenvalue weighted by atomic mass is 16.5. The fraction of sp³-hybridized carbons (Fsp3) is 0.125. The molecule has 0 aliphatic heterocycles. The molecule has 0 saturated carbocycles. The molecule has 1 rings (SSSR count). The number of aromatic nitrogens is 1. The van der Waals surface area contributed by atoms with E-state index < -0.39 is 0 Å². The van der Waals surface area contributed by atoms with Crippen LogP contribution in [0.5, 0.6) is 0 Å². The monoisotopic (exact) mass is 151 g/mol. The zero-order valence-corrected chi connectivity index (χ0v) is 6.24. The first kappa shape index (κ1) is 7.60. The third-order valence-electron chi connectivity index (χ3n) is 1.56. The first-order valence-corrected chi connectivity index (χ1v) is 3.20. The Hall–Kier alpha value is -1.51. The van der Waals surface area contributed by atoms with Gasteiger partial charge in [0, 0.05) is 17.8 Å². The van der Waals surface area contributed by atoms with Crippen LogP contribution in [0.2, 0.25) is 0 Å². The van der Waals surface area contributed by atoms with Crippen molar-refractivity contribution in [2.75, 3.05) is 0 Å². The summed E-state index contributed by atoms with van der Waals surface area (Å²) >= 11 is 0. The maximum atomic E-state index is 11.0. The van der Waals surface area contributed by atoms with Gasteiger partial charge in [0.1, 0.15) is 0 Å². The first-order chi connectivity index (χ1) is 5.16. The number of hydrogen-bond acceptors (Lipinski definition) is 2. The molecule has 0 atom stereocenters. The second kappa shape index (κ2) is 2.62. The maximum Gasteiger partial charge on any atom is 0.185 e. The van der Waals surface area contributed by atoms with E-state index in [9.17, 15) is 4.79 Å². The summed E-state index contributed by atoms with van der Waals surface area (Å²) in [7, 11) is 0. The van der Waals surface area contributed by atoms with Crippen LogP contribution >= 0.6 is 0 Å². The van der Waals surface area contributed by atoms with Crippen LogP contribution in [-0.4, -0.2) is 9.94 Å². The van der Waals surface area contributed by atoms with Gasteiger partial charge in [0.2, 0.25) is 0 Å². The van der Waals surface area contributed by atoms with Gasteiger partial charge in [0.05, 0.1) is 5.69 Å². The Kier molecular flexibility index (Phi) is 1.81. The number of nitrogens with zero attached hydrogens (tertiary/aromatic N) is 1. The van der Waals surface area contributed by atoms with Gasteiger partial charge in [-0.15, -0.1) is 0 Å². The van der Waals surface area contributed by atoms with Crippen molar-refractivity contribution in [2.45, 2.75) is 6.92 Å². The van der Waals surface area contributed by atoms with Crippen molar-refractivity contribution >= 4 is 6.08 Å². The van der Waals surface area contributed by atoms with Crippen LogP contribution in [0.15, 0.2) is 23.6 Å². The highest BCUT2D eigenvalue weighted by molar-refractivity contribution is 5.46. The number of pyridine rings is 1. The predicted molar refractivity (Wildman–Crippen MR) is 42.7 cm³/mol. The minimum absolute atomic E-state index is 0.0924. The van der Waals surface area contributed by atoms with E-state index in [1.807, 2.05) is 0 Å². The molecule has 0 aromatic carbocycles. The summed E-state index contributed by atoms with van der Waals surface area (Å²) in [6, 6.07) is 1.31. The van der Waals surface area contributed by atoms with Crippen LogP contribution in [0, 0.1) is 6.92 Å². The van der Waals surface area contributed by atoms with Gasteiger partial charge in [0.15, 0.2) is 5.43 Å². The van der Waals surface area contributed by atoms with Crippen molar-refractivity contribution in [1.82, 2.24) is 4.73 Å². The molecule has 3 nitrogen and oxygen atoms in total. The van der Waals surface area contributed by atoms with Crippen LogP contribution in [0.4, 0.5) is 0 Å². The van der Waals surface area contributed by atoms with Crippen LogP contribution in [0.1, 0.15) is 11.3 Å². The van der Waals surface area contributed by atoms with Crippen LogP contribution in [0.25, 0.3) is 6.08 Å². The Morgan fingerprint density at radius 2 is 2.36 bits per heavy atom. The van der Waals surface area contributed by atoms with E-state index in [-0.39, 0.29) is 5.43 Å². The third kappa shape index (κ3) is 1.17. The van der Waals surface area contributed by atoms with Crippen molar-refractivity contribution in [1.29, 1.82) is 0 Å². The lowest BCUT2D eigenvalue weighted by Gasteiger charge is -2.03. The summed E-state index contributed by atoms with van der Waals surface area (Å²) in [6.07, 6.45) is 2.74. The van der Waals surface area contributed by atoms with Gasteiger partial charge in [-0.2, -0.15) is 4.73 Å². The Labute approximate surface area is 64.2 Å². The molecule has 1 aromatic heterocycles. The summed E-state index contributed by atoms with van der Waals surface area (Å²) in [6.45, 7) is 5.12. The minimum Gasteiger partial charge on any atom is -0.428 e. The van der Waals surface area contributed by atoms with E-state index in [0.29, 0.717) is 11.3 Å². The maximum absolute atomic E-state index is 11.0. The van der Waals surface area contributed by atoms with Crippen molar-refractivity contribution in [3.63, 3.8) is 0 Å². The van der Waals surface area contributed by atoms with E-state index in [1.165, 1.54) is 18.3 Å². The van der Waals surface area contributed by atoms with Gasteiger partial charge >= 0.3 is 0 Å². The van der Waals surface area contributed by atoms with Crippen molar-refractivity contribution in [3.8, 4) is 0 Å². The van der Waals surface area contributed by atoms with E-state index >= 15 is 0 Å². The zero-order chi connectivity index (χ0) is 8.43. The summed E-state index contributed by atoms with van der Waals surface area (Å²) in [5, 5.41) is 9.12. The largest absolute Gasteiger partial charge is 0.428 e. The minimum atomic E-state index is -0.0924. The molecule has 0 fully saturated rings. The zero-order valence-electron chi connectivity index (χ0n) is 6.24. The Morgan fingerprint density at radius 3 is 2.82 bits per heavy atom. The number of rotatable bonds is 1. The molecule has 1 aromatic rings. The molecule has 1 N–H and O–H groups in total. The molecule has 0 aliphatic carbocycles. The summed E-state index contributed by atoms with van der Waals surface area (Å²) in [5.74, 6) is 0. The average Bonchev–Trinajstić information content (AvgIpc) is 1.99. The summed E-state index contributed by atoms with van der Waals surface area (Å²) in [4.78, 5) is 11.0. The summed E-state index contributed by atoms with van der Waals surface area (Å²) < 4.78 is 0.879. The molecule has 0 aliphatic rings. The van der Waals surface area contributed by atoms with Gasteiger partial charge in [-0.3, -0.25) is 4.79 Å². The SMILES string of the molecule is C=Cc1c(C)c(=O)ccn1O. The fourth-order valence-electron chi connectivity index (χ4n) is 0.888. The topological polar surface area (TPSA) is 42.2 Å². The molecule has 0 bridgehead atoms. The van der Waals surface area contributed by atoms with Gasteiger partial charge in [-0.1, -0.05) is 6.58 Å². The molecule has 3 heteroatoms. The molecule has 0 spiro atoms. The lowest BCUT2D eigenvalue weighted by atomic mass is 10.2. The average molecular weight is 151 g/mol.